The van der Waals surface area contributed by atoms with E-state index in [1.807, 2.05) is 19.4 Å². The van der Waals surface area contributed by atoms with Crippen molar-refractivity contribution in [3.05, 3.63) is 16.1 Å². The molecule has 3 amide bonds. The summed E-state index contributed by atoms with van der Waals surface area (Å²) >= 11 is 1.59. The van der Waals surface area contributed by atoms with Gasteiger partial charge in [-0.3, -0.25) is 9.69 Å². The van der Waals surface area contributed by atoms with Gasteiger partial charge in [0.1, 0.15) is 5.54 Å². The Labute approximate surface area is 160 Å². The Bertz CT molecular complexity index is 654. The Morgan fingerprint density at radius 2 is 2.00 bits per heavy atom. The average Bonchev–Trinajstić information content (AvgIpc) is 3.15. The van der Waals surface area contributed by atoms with Crippen LogP contribution in [0.3, 0.4) is 0 Å². The van der Waals surface area contributed by atoms with Gasteiger partial charge < -0.3 is 10.2 Å². The van der Waals surface area contributed by atoms with E-state index in [9.17, 15) is 9.59 Å². The minimum Gasteiger partial charge on any atom is -0.323 e. The number of nitrogens with one attached hydrogen (secondary N) is 1. The molecular formula is C19H30N4O2S. The largest absolute Gasteiger partial charge is 0.325 e. The second-order valence-corrected chi connectivity index (χ2v) is 8.38. The Morgan fingerprint density at radius 3 is 2.58 bits per heavy atom. The zero-order chi connectivity index (χ0) is 18.7. The summed E-state index contributed by atoms with van der Waals surface area (Å²) in [6.07, 6.45) is 4.45. The fraction of sp³-hybridized carbons (Fsp3) is 0.737. The van der Waals surface area contributed by atoms with E-state index in [1.54, 1.807) is 11.3 Å². The Hall–Kier alpha value is -1.47. The summed E-state index contributed by atoms with van der Waals surface area (Å²) < 4.78 is 0. The molecule has 2 aliphatic heterocycles. The van der Waals surface area contributed by atoms with E-state index in [0.717, 1.165) is 49.5 Å². The number of aromatic nitrogens is 1. The maximum Gasteiger partial charge on any atom is 0.325 e. The molecule has 1 unspecified atom stereocenters. The third-order valence-corrected chi connectivity index (χ3v) is 6.99. The van der Waals surface area contributed by atoms with Gasteiger partial charge in [-0.1, -0.05) is 13.8 Å². The zero-order valence-electron chi connectivity index (χ0n) is 16.1. The number of thiazole rings is 1. The number of nitrogens with zero attached hydrogens (tertiary/aromatic N) is 3. The lowest BCUT2D eigenvalue weighted by molar-refractivity contribution is -0.134. The highest BCUT2D eigenvalue weighted by molar-refractivity contribution is 7.09. The van der Waals surface area contributed by atoms with Gasteiger partial charge in [-0.2, -0.15) is 0 Å². The fourth-order valence-corrected chi connectivity index (χ4v) is 5.17. The molecule has 0 aliphatic carbocycles. The van der Waals surface area contributed by atoms with E-state index >= 15 is 0 Å². The number of hydrogen-bond acceptors (Lipinski definition) is 5. The van der Waals surface area contributed by atoms with E-state index in [0.29, 0.717) is 19.4 Å². The third kappa shape index (κ3) is 3.51. The molecule has 26 heavy (non-hydrogen) atoms. The van der Waals surface area contributed by atoms with Gasteiger partial charge in [-0.05, 0) is 58.2 Å². The number of rotatable bonds is 7. The van der Waals surface area contributed by atoms with E-state index in [-0.39, 0.29) is 17.9 Å². The van der Waals surface area contributed by atoms with Crippen LogP contribution in [0.25, 0.3) is 0 Å². The van der Waals surface area contributed by atoms with Gasteiger partial charge in [0.15, 0.2) is 0 Å². The zero-order valence-corrected chi connectivity index (χ0v) is 16.9. The number of aryl methyl sites for hydroxylation is 1. The van der Waals surface area contributed by atoms with Crippen molar-refractivity contribution < 1.29 is 9.59 Å². The van der Waals surface area contributed by atoms with E-state index in [4.69, 9.17) is 0 Å². The Morgan fingerprint density at radius 1 is 1.27 bits per heavy atom. The molecule has 6 nitrogen and oxygen atoms in total. The molecule has 1 atom stereocenters. The second kappa shape index (κ2) is 8.05. The number of imide groups is 1. The van der Waals surface area contributed by atoms with Gasteiger partial charge in [0.2, 0.25) is 0 Å². The number of hydrogen-bond donors (Lipinski definition) is 1. The van der Waals surface area contributed by atoms with Crippen molar-refractivity contribution >= 4 is 23.3 Å². The van der Waals surface area contributed by atoms with Gasteiger partial charge in [-0.15, -0.1) is 11.3 Å². The van der Waals surface area contributed by atoms with Gasteiger partial charge in [0.25, 0.3) is 5.91 Å². The standard InChI is InChI=1S/C19H30N4O2S/c1-4-9-22-10-6-15(7-11-22)19(5-2)17(24)23(18(25)21-19)12-8-16-14(3)20-13-26-16/h13,15H,4-12H2,1-3H3,(H,21,25). The predicted octanol–water partition coefficient (Wildman–Crippen LogP) is 2.82. The molecule has 0 aromatic carbocycles. The molecule has 0 bridgehead atoms. The monoisotopic (exact) mass is 378 g/mol. The quantitative estimate of drug-likeness (QED) is 0.741. The SMILES string of the molecule is CCCN1CCC(C2(CC)NC(=O)N(CCc3scnc3C)C2=O)CC1. The maximum atomic E-state index is 13.2. The highest BCUT2D eigenvalue weighted by atomic mass is 32.1. The highest BCUT2D eigenvalue weighted by Crippen LogP contribution is 2.36. The van der Waals surface area contributed by atoms with Crippen molar-refractivity contribution in [2.45, 2.75) is 58.4 Å². The average molecular weight is 379 g/mol. The van der Waals surface area contributed by atoms with E-state index < -0.39 is 5.54 Å². The van der Waals surface area contributed by atoms with Crippen LogP contribution < -0.4 is 5.32 Å². The summed E-state index contributed by atoms with van der Waals surface area (Å²) in [6.45, 7) is 9.78. The Kier molecular flexibility index (Phi) is 5.97. The summed E-state index contributed by atoms with van der Waals surface area (Å²) in [5.74, 6) is 0.202. The molecule has 144 valence electrons. The number of urea groups is 1. The molecule has 0 spiro atoms. The first-order valence-corrected chi connectivity index (χ1v) is 10.6. The van der Waals surface area contributed by atoms with Gasteiger partial charge >= 0.3 is 6.03 Å². The van der Waals surface area contributed by atoms with Gasteiger partial charge in [0, 0.05) is 17.8 Å². The molecule has 0 radical (unpaired) electrons. The first-order chi connectivity index (χ1) is 12.5. The van der Waals surface area contributed by atoms with Crippen molar-refractivity contribution in [2.75, 3.05) is 26.2 Å². The first kappa shape index (κ1) is 19.3. The second-order valence-electron chi connectivity index (χ2n) is 7.44. The highest BCUT2D eigenvalue weighted by Gasteiger charge is 2.54. The summed E-state index contributed by atoms with van der Waals surface area (Å²) in [5.41, 5.74) is 2.10. The van der Waals surface area contributed by atoms with Crippen molar-refractivity contribution in [3.63, 3.8) is 0 Å². The molecule has 0 saturated carbocycles. The molecule has 2 aliphatic rings. The van der Waals surface area contributed by atoms with Gasteiger partial charge in [-0.25, -0.2) is 9.78 Å². The predicted molar refractivity (Wildman–Crippen MR) is 103 cm³/mol. The number of carbonyl (C=O) groups is 2. The number of amides is 3. The first-order valence-electron chi connectivity index (χ1n) is 9.77. The van der Waals surface area contributed by atoms with Crippen molar-refractivity contribution in [3.8, 4) is 0 Å². The summed E-state index contributed by atoms with van der Waals surface area (Å²) in [4.78, 5) is 35.1. The minimum absolute atomic E-state index is 0.0268. The lowest BCUT2D eigenvalue weighted by Gasteiger charge is -2.40. The number of carbonyl (C=O) groups excluding carboxylic acids is 2. The summed E-state index contributed by atoms with van der Waals surface area (Å²) in [7, 11) is 0. The molecule has 7 heteroatoms. The van der Waals surface area contributed by atoms with Crippen LogP contribution in [0.4, 0.5) is 4.79 Å². The van der Waals surface area contributed by atoms with Crippen molar-refractivity contribution in [2.24, 2.45) is 5.92 Å². The molecule has 1 N–H and O–H groups in total. The molecule has 2 fully saturated rings. The third-order valence-electron chi connectivity index (χ3n) is 5.99. The van der Waals surface area contributed by atoms with E-state index in [1.165, 1.54) is 4.90 Å². The Balaban J connectivity index is 1.68. The van der Waals surface area contributed by atoms with Crippen LogP contribution in [-0.4, -0.2) is 58.4 Å². The molecule has 1 aromatic heterocycles. The smallest absolute Gasteiger partial charge is 0.323 e. The molecule has 3 rings (SSSR count). The number of piperidine rings is 1. The van der Waals surface area contributed by atoms with Crippen LogP contribution in [0.2, 0.25) is 0 Å². The van der Waals surface area contributed by atoms with Crippen LogP contribution >= 0.6 is 11.3 Å². The van der Waals surface area contributed by atoms with Crippen LogP contribution in [0.5, 0.6) is 0 Å². The lowest BCUT2D eigenvalue weighted by Crippen LogP contribution is -2.55. The number of likely N-dealkylation sites (tertiary alicyclic amines) is 1. The minimum atomic E-state index is -0.710. The van der Waals surface area contributed by atoms with Crippen LogP contribution in [0, 0.1) is 12.8 Å². The lowest BCUT2D eigenvalue weighted by atomic mass is 9.75. The maximum absolute atomic E-state index is 13.2. The molecule has 2 saturated heterocycles. The fourth-order valence-electron chi connectivity index (χ4n) is 4.40. The molecule has 3 heterocycles. The summed E-state index contributed by atoms with van der Waals surface area (Å²) in [6, 6.07) is -0.227. The normalized spacial score (nSPS) is 25.1. The van der Waals surface area contributed by atoms with Crippen LogP contribution in [0.1, 0.15) is 50.1 Å². The van der Waals surface area contributed by atoms with Crippen LogP contribution in [0.15, 0.2) is 5.51 Å². The van der Waals surface area contributed by atoms with Crippen molar-refractivity contribution in [1.82, 2.24) is 20.1 Å². The van der Waals surface area contributed by atoms with E-state index in [2.05, 4.69) is 22.1 Å². The van der Waals surface area contributed by atoms with Crippen LogP contribution in [-0.2, 0) is 11.2 Å². The summed E-state index contributed by atoms with van der Waals surface area (Å²) in [5, 5.41) is 3.08. The molecule has 1 aromatic rings. The molecular weight excluding hydrogens is 348 g/mol. The van der Waals surface area contributed by atoms with Gasteiger partial charge in [0.05, 0.1) is 11.2 Å². The van der Waals surface area contributed by atoms with Crippen molar-refractivity contribution in [1.29, 1.82) is 0 Å². The topological polar surface area (TPSA) is 65.5 Å².